The lowest BCUT2D eigenvalue weighted by atomic mass is 9.94. The zero-order valence-corrected chi connectivity index (χ0v) is 12.1. The van der Waals surface area contributed by atoms with E-state index >= 15 is 0 Å². The fourth-order valence-electron chi connectivity index (χ4n) is 2.74. The van der Waals surface area contributed by atoms with Crippen LogP contribution in [0.15, 0.2) is 0 Å². The van der Waals surface area contributed by atoms with Gasteiger partial charge in [-0.3, -0.25) is 9.69 Å². The number of likely N-dealkylation sites (N-methyl/N-ethyl adjacent to an activating group) is 2. The minimum absolute atomic E-state index is 0.130. The number of hydrogen-bond acceptors (Lipinski definition) is 4. The van der Waals surface area contributed by atoms with Gasteiger partial charge in [0, 0.05) is 12.6 Å². The molecule has 106 valence electrons. The molecule has 0 aliphatic heterocycles. The van der Waals surface area contributed by atoms with E-state index < -0.39 is 0 Å². The van der Waals surface area contributed by atoms with Gasteiger partial charge >= 0.3 is 5.97 Å². The first-order chi connectivity index (χ1) is 8.72. The average Bonchev–Trinajstić information content (AvgIpc) is 2.41. The highest BCUT2D eigenvalue weighted by Gasteiger charge is 2.25. The van der Waals surface area contributed by atoms with Crippen molar-refractivity contribution in [3.05, 3.63) is 0 Å². The van der Waals surface area contributed by atoms with E-state index in [2.05, 4.69) is 17.1 Å². The lowest BCUT2D eigenvalue weighted by molar-refractivity contribution is -0.146. The molecule has 0 aromatic rings. The predicted octanol–water partition coefficient (Wildman–Crippen LogP) is 1.79. The molecule has 1 atom stereocenters. The van der Waals surface area contributed by atoms with Gasteiger partial charge < -0.3 is 10.1 Å². The van der Waals surface area contributed by atoms with Crippen LogP contribution in [0.1, 0.15) is 46.0 Å². The summed E-state index contributed by atoms with van der Waals surface area (Å²) in [5, 5.41) is 3.07. The van der Waals surface area contributed by atoms with E-state index in [4.69, 9.17) is 4.74 Å². The van der Waals surface area contributed by atoms with Gasteiger partial charge in [0.25, 0.3) is 0 Å². The molecule has 0 amide bonds. The molecule has 1 aliphatic carbocycles. The Hall–Kier alpha value is -0.610. The van der Waals surface area contributed by atoms with E-state index in [0.29, 0.717) is 12.6 Å². The number of ether oxygens (including phenoxy) is 1. The number of esters is 1. The summed E-state index contributed by atoms with van der Waals surface area (Å²) < 4.78 is 5.10. The number of hydrogen-bond donors (Lipinski definition) is 1. The Morgan fingerprint density at radius 1 is 1.33 bits per heavy atom. The summed E-state index contributed by atoms with van der Waals surface area (Å²) in [5.41, 5.74) is 0. The summed E-state index contributed by atoms with van der Waals surface area (Å²) in [5.74, 6) is -0.130. The molecule has 0 radical (unpaired) electrons. The maximum atomic E-state index is 11.8. The van der Waals surface area contributed by atoms with Crippen molar-refractivity contribution < 1.29 is 9.53 Å². The summed E-state index contributed by atoms with van der Waals surface area (Å²) in [6, 6.07) is 0.445. The minimum atomic E-state index is -0.202. The Morgan fingerprint density at radius 2 is 2.00 bits per heavy atom. The Bertz CT molecular complexity index is 240. The van der Waals surface area contributed by atoms with E-state index in [1.54, 1.807) is 0 Å². The lowest BCUT2D eigenvalue weighted by Gasteiger charge is -2.35. The van der Waals surface area contributed by atoms with Gasteiger partial charge in [0.2, 0.25) is 0 Å². The van der Waals surface area contributed by atoms with Crippen molar-refractivity contribution in [1.29, 1.82) is 0 Å². The third kappa shape index (κ3) is 4.58. The standard InChI is InChI=1S/C14H28N2O2/c1-4-16(12-9-7-6-8-10-12)11-13(15-3)14(17)18-5-2/h12-13,15H,4-11H2,1-3H3. The normalized spacial score (nSPS) is 18.9. The zero-order chi connectivity index (χ0) is 13.4. The van der Waals surface area contributed by atoms with Gasteiger partial charge in [0.15, 0.2) is 0 Å². The number of nitrogens with one attached hydrogen (secondary N) is 1. The summed E-state index contributed by atoms with van der Waals surface area (Å²) in [4.78, 5) is 14.2. The molecule has 0 saturated heterocycles. The van der Waals surface area contributed by atoms with Crippen LogP contribution in [0.3, 0.4) is 0 Å². The molecule has 1 fully saturated rings. The monoisotopic (exact) mass is 256 g/mol. The Labute approximate surface area is 111 Å². The van der Waals surface area contributed by atoms with Crippen molar-refractivity contribution in [2.45, 2.75) is 58.0 Å². The van der Waals surface area contributed by atoms with Crippen LogP contribution >= 0.6 is 0 Å². The van der Waals surface area contributed by atoms with Gasteiger partial charge in [-0.25, -0.2) is 0 Å². The smallest absolute Gasteiger partial charge is 0.324 e. The van der Waals surface area contributed by atoms with Crippen LogP contribution in [-0.2, 0) is 9.53 Å². The van der Waals surface area contributed by atoms with Gasteiger partial charge in [-0.1, -0.05) is 26.2 Å². The van der Waals surface area contributed by atoms with Crippen molar-refractivity contribution >= 4 is 5.97 Å². The summed E-state index contributed by atoms with van der Waals surface area (Å²) >= 11 is 0. The minimum Gasteiger partial charge on any atom is -0.465 e. The second kappa shape index (κ2) is 8.48. The number of carbonyl (C=O) groups excluding carboxylic acids is 1. The second-order valence-electron chi connectivity index (χ2n) is 4.97. The molecule has 1 rings (SSSR count). The van der Waals surface area contributed by atoms with Crippen molar-refractivity contribution in [1.82, 2.24) is 10.2 Å². The fourth-order valence-corrected chi connectivity index (χ4v) is 2.74. The molecule has 4 heteroatoms. The van der Waals surface area contributed by atoms with E-state index in [9.17, 15) is 4.79 Å². The summed E-state index contributed by atoms with van der Waals surface area (Å²) in [6.45, 7) is 6.24. The molecule has 0 heterocycles. The highest BCUT2D eigenvalue weighted by atomic mass is 16.5. The quantitative estimate of drug-likeness (QED) is 0.705. The molecule has 1 aliphatic rings. The second-order valence-corrected chi connectivity index (χ2v) is 4.97. The molecule has 0 aromatic carbocycles. The van der Waals surface area contributed by atoms with E-state index in [1.807, 2.05) is 14.0 Å². The van der Waals surface area contributed by atoms with E-state index in [-0.39, 0.29) is 12.0 Å². The highest BCUT2D eigenvalue weighted by molar-refractivity contribution is 5.76. The zero-order valence-electron chi connectivity index (χ0n) is 12.1. The Morgan fingerprint density at radius 3 is 2.50 bits per heavy atom. The number of nitrogens with zero attached hydrogens (tertiary/aromatic N) is 1. The number of carbonyl (C=O) groups is 1. The Balaban J connectivity index is 2.50. The lowest BCUT2D eigenvalue weighted by Crippen LogP contribution is -2.49. The Kier molecular flexibility index (Phi) is 7.28. The van der Waals surface area contributed by atoms with Crippen molar-refractivity contribution in [2.24, 2.45) is 0 Å². The third-order valence-electron chi connectivity index (χ3n) is 3.83. The highest BCUT2D eigenvalue weighted by Crippen LogP contribution is 2.22. The van der Waals surface area contributed by atoms with Crippen molar-refractivity contribution in [2.75, 3.05) is 26.7 Å². The molecule has 18 heavy (non-hydrogen) atoms. The first kappa shape index (κ1) is 15.4. The van der Waals surface area contributed by atoms with Crippen LogP contribution in [0.2, 0.25) is 0 Å². The van der Waals surface area contributed by atoms with Gasteiger partial charge in [-0.15, -0.1) is 0 Å². The van der Waals surface area contributed by atoms with Crippen LogP contribution in [-0.4, -0.2) is 49.7 Å². The summed E-state index contributed by atoms with van der Waals surface area (Å²) in [7, 11) is 1.83. The van der Waals surface area contributed by atoms with Crippen LogP contribution in [0.5, 0.6) is 0 Å². The maximum absolute atomic E-state index is 11.8. The average molecular weight is 256 g/mol. The van der Waals surface area contributed by atoms with Crippen molar-refractivity contribution in [3.8, 4) is 0 Å². The molecule has 1 unspecified atom stereocenters. The molecule has 1 saturated carbocycles. The van der Waals surface area contributed by atoms with Crippen LogP contribution in [0.25, 0.3) is 0 Å². The summed E-state index contributed by atoms with van der Waals surface area (Å²) in [6.07, 6.45) is 6.55. The van der Waals surface area contributed by atoms with Crippen LogP contribution < -0.4 is 5.32 Å². The first-order valence-corrected chi connectivity index (χ1v) is 7.30. The molecule has 0 bridgehead atoms. The largest absolute Gasteiger partial charge is 0.465 e. The fraction of sp³-hybridized carbons (Fsp3) is 0.929. The van der Waals surface area contributed by atoms with E-state index in [0.717, 1.165) is 13.1 Å². The molecule has 1 N–H and O–H groups in total. The third-order valence-corrected chi connectivity index (χ3v) is 3.83. The van der Waals surface area contributed by atoms with Gasteiger partial charge in [-0.2, -0.15) is 0 Å². The first-order valence-electron chi connectivity index (χ1n) is 7.30. The molecule has 0 spiro atoms. The van der Waals surface area contributed by atoms with E-state index in [1.165, 1.54) is 32.1 Å². The molecular weight excluding hydrogens is 228 g/mol. The van der Waals surface area contributed by atoms with Crippen molar-refractivity contribution in [3.63, 3.8) is 0 Å². The van der Waals surface area contributed by atoms with Crippen LogP contribution in [0, 0.1) is 0 Å². The van der Waals surface area contributed by atoms with Gasteiger partial charge in [0.1, 0.15) is 6.04 Å². The van der Waals surface area contributed by atoms with Gasteiger partial charge in [0.05, 0.1) is 6.61 Å². The SMILES string of the molecule is CCOC(=O)C(CN(CC)C1CCCCC1)NC. The topological polar surface area (TPSA) is 41.6 Å². The predicted molar refractivity (Wildman–Crippen MR) is 73.6 cm³/mol. The van der Waals surface area contributed by atoms with Crippen LogP contribution in [0.4, 0.5) is 0 Å². The number of rotatable bonds is 7. The molecule has 0 aromatic heterocycles. The van der Waals surface area contributed by atoms with Gasteiger partial charge in [-0.05, 0) is 33.4 Å². The molecular formula is C14H28N2O2. The maximum Gasteiger partial charge on any atom is 0.324 e. The molecule has 4 nitrogen and oxygen atoms in total.